The average Bonchev–Trinajstić information content (AvgIpc) is 2.97. The summed E-state index contributed by atoms with van der Waals surface area (Å²) in [5.41, 5.74) is 5.82. The lowest BCUT2D eigenvalue weighted by Crippen LogP contribution is -2.36. The minimum absolute atomic E-state index is 0.00112. The van der Waals surface area contributed by atoms with E-state index in [0.29, 0.717) is 23.9 Å². The smallest absolute Gasteiger partial charge is 0.260 e. The van der Waals surface area contributed by atoms with Crippen molar-refractivity contribution >= 4 is 28.3 Å². The average molecular weight is 333 g/mol. The number of likely N-dealkylation sites (tertiary alicyclic amines) is 1. The Bertz CT molecular complexity index is 734. The first-order chi connectivity index (χ1) is 11.0. The number of carbonyl (C=O) groups is 1. The summed E-state index contributed by atoms with van der Waals surface area (Å²) >= 11 is 6.20. The fourth-order valence-electron chi connectivity index (χ4n) is 2.99. The largest absolute Gasteiger partial charge is 0.483 e. The van der Waals surface area contributed by atoms with E-state index in [0.717, 1.165) is 23.7 Å². The van der Waals surface area contributed by atoms with Gasteiger partial charge < -0.3 is 15.4 Å². The zero-order chi connectivity index (χ0) is 16.4. The van der Waals surface area contributed by atoms with Gasteiger partial charge in [-0.3, -0.25) is 4.79 Å². The van der Waals surface area contributed by atoms with Crippen molar-refractivity contribution in [2.24, 2.45) is 11.1 Å². The highest BCUT2D eigenvalue weighted by Crippen LogP contribution is 2.32. The Balaban J connectivity index is 1.70. The van der Waals surface area contributed by atoms with E-state index < -0.39 is 0 Å². The van der Waals surface area contributed by atoms with Crippen LogP contribution in [0.15, 0.2) is 36.4 Å². The zero-order valence-electron chi connectivity index (χ0n) is 13.2. The third-order valence-corrected chi connectivity index (χ3v) is 4.91. The molecule has 5 heteroatoms. The van der Waals surface area contributed by atoms with Crippen molar-refractivity contribution in [2.75, 3.05) is 26.2 Å². The van der Waals surface area contributed by atoms with Gasteiger partial charge in [0.25, 0.3) is 5.91 Å². The molecule has 4 nitrogen and oxygen atoms in total. The van der Waals surface area contributed by atoms with Crippen LogP contribution in [0, 0.1) is 5.41 Å². The molecule has 3 rings (SSSR count). The molecule has 1 unspecified atom stereocenters. The van der Waals surface area contributed by atoms with Crippen LogP contribution in [-0.4, -0.2) is 37.0 Å². The van der Waals surface area contributed by atoms with Gasteiger partial charge >= 0.3 is 0 Å². The Morgan fingerprint density at radius 3 is 2.74 bits per heavy atom. The lowest BCUT2D eigenvalue weighted by Gasteiger charge is -2.22. The van der Waals surface area contributed by atoms with Gasteiger partial charge in [-0.05, 0) is 30.5 Å². The topological polar surface area (TPSA) is 55.6 Å². The molecular weight excluding hydrogens is 312 g/mol. The molecule has 1 atom stereocenters. The number of nitrogens with zero attached hydrogens (tertiary/aromatic N) is 1. The number of hydrogen-bond donors (Lipinski definition) is 1. The summed E-state index contributed by atoms with van der Waals surface area (Å²) in [4.78, 5) is 14.2. The number of ether oxygens (including phenoxy) is 1. The van der Waals surface area contributed by atoms with Crippen molar-refractivity contribution < 1.29 is 9.53 Å². The summed E-state index contributed by atoms with van der Waals surface area (Å²) in [6.45, 7) is 4.20. The maximum atomic E-state index is 12.4. The third kappa shape index (κ3) is 3.28. The summed E-state index contributed by atoms with van der Waals surface area (Å²) < 4.78 is 5.77. The fourth-order valence-corrected chi connectivity index (χ4v) is 3.22. The van der Waals surface area contributed by atoms with Gasteiger partial charge in [0.2, 0.25) is 0 Å². The summed E-state index contributed by atoms with van der Waals surface area (Å²) in [6, 6.07) is 11.4. The molecule has 0 spiro atoms. The molecule has 1 amide bonds. The van der Waals surface area contributed by atoms with Crippen LogP contribution >= 0.6 is 11.6 Å². The van der Waals surface area contributed by atoms with Gasteiger partial charge in [-0.1, -0.05) is 42.8 Å². The quantitative estimate of drug-likeness (QED) is 0.936. The summed E-state index contributed by atoms with van der Waals surface area (Å²) in [6.07, 6.45) is 0.944. The maximum Gasteiger partial charge on any atom is 0.260 e. The van der Waals surface area contributed by atoms with Crippen molar-refractivity contribution in [2.45, 2.75) is 13.3 Å². The Kier molecular flexibility index (Phi) is 4.46. The Hall–Kier alpha value is -1.78. The van der Waals surface area contributed by atoms with E-state index in [1.807, 2.05) is 35.2 Å². The fraction of sp³-hybridized carbons (Fsp3) is 0.389. The Morgan fingerprint density at radius 1 is 1.30 bits per heavy atom. The van der Waals surface area contributed by atoms with Gasteiger partial charge in [0, 0.05) is 28.9 Å². The molecule has 122 valence electrons. The molecular formula is C18H21ClN2O2. The van der Waals surface area contributed by atoms with E-state index in [9.17, 15) is 4.79 Å². The van der Waals surface area contributed by atoms with E-state index in [1.54, 1.807) is 6.07 Å². The lowest BCUT2D eigenvalue weighted by molar-refractivity contribution is -0.132. The molecule has 1 aliphatic rings. The highest BCUT2D eigenvalue weighted by molar-refractivity contribution is 6.35. The molecule has 2 N–H and O–H groups in total. The first kappa shape index (κ1) is 16.1. The molecule has 1 saturated heterocycles. The molecule has 0 saturated carbocycles. The molecule has 2 aromatic rings. The second-order valence-electron chi connectivity index (χ2n) is 6.46. The SMILES string of the molecule is CC1(CN)CCN(C(=O)COc2ccc(Cl)c3ccccc23)C1. The van der Waals surface area contributed by atoms with Crippen LogP contribution in [-0.2, 0) is 4.79 Å². The van der Waals surface area contributed by atoms with Gasteiger partial charge in [0.05, 0.1) is 0 Å². The van der Waals surface area contributed by atoms with Crippen LogP contribution < -0.4 is 10.5 Å². The van der Waals surface area contributed by atoms with E-state index in [4.69, 9.17) is 22.1 Å². The Labute approximate surface area is 141 Å². The zero-order valence-corrected chi connectivity index (χ0v) is 14.0. The monoisotopic (exact) mass is 332 g/mol. The highest BCUT2D eigenvalue weighted by Gasteiger charge is 2.34. The van der Waals surface area contributed by atoms with Crippen LogP contribution in [0.4, 0.5) is 0 Å². The van der Waals surface area contributed by atoms with Gasteiger partial charge in [-0.15, -0.1) is 0 Å². The minimum Gasteiger partial charge on any atom is -0.483 e. The predicted octanol–water partition coefficient (Wildman–Crippen LogP) is 3.07. The third-order valence-electron chi connectivity index (χ3n) is 4.59. The number of benzene rings is 2. The van der Waals surface area contributed by atoms with Gasteiger partial charge in [0.15, 0.2) is 6.61 Å². The lowest BCUT2D eigenvalue weighted by atomic mass is 9.90. The van der Waals surface area contributed by atoms with E-state index in [-0.39, 0.29) is 17.9 Å². The van der Waals surface area contributed by atoms with E-state index >= 15 is 0 Å². The van der Waals surface area contributed by atoms with Crippen LogP contribution in [0.2, 0.25) is 5.02 Å². The summed E-state index contributed by atoms with van der Waals surface area (Å²) in [5, 5.41) is 2.52. The first-order valence-electron chi connectivity index (χ1n) is 7.80. The van der Waals surface area contributed by atoms with E-state index in [2.05, 4.69) is 6.92 Å². The number of fused-ring (bicyclic) bond motifs is 1. The van der Waals surface area contributed by atoms with Crippen molar-refractivity contribution in [3.05, 3.63) is 41.4 Å². The normalized spacial score (nSPS) is 20.9. The molecule has 0 aromatic heterocycles. The molecule has 2 aromatic carbocycles. The molecule has 0 bridgehead atoms. The van der Waals surface area contributed by atoms with Crippen molar-refractivity contribution in [1.82, 2.24) is 4.90 Å². The van der Waals surface area contributed by atoms with Gasteiger partial charge in [-0.25, -0.2) is 0 Å². The number of nitrogens with two attached hydrogens (primary N) is 1. The second-order valence-corrected chi connectivity index (χ2v) is 6.87. The summed E-state index contributed by atoms with van der Waals surface area (Å²) in [5.74, 6) is 0.681. The summed E-state index contributed by atoms with van der Waals surface area (Å²) in [7, 11) is 0. The van der Waals surface area contributed by atoms with Crippen molar-refractivity contribution in [3.8, 4) is 5.75 Å². The number of amides is 1. The van der Waals surface area contributed by atoms with E-state index in [1.165, 1.54) is 0 Å². The first-order valence-corrected chi connectivity index (χ1v) is 8.18. The van der Waals surface area contributed by atoms with Crippen molar-refractivity contribution in [1.29, 1.82) is 0 Å². The standard InChI is InChI=1S/C18H21ClN2O2/c1-18(11-20)8-9-21(12-18)17(22)10-23-16-7-6-15(19)13-4-2-3-5-14(13)16/h2-7H,8-12,20H2,1H3. The van der Waals surface area contributed by atoms with Crippen LogP contribution in [0.1, 0.15) is 13.3 Å². The van der Waals surface area contributed by atoms with Crippen LogP contribution in [0.25, 0.3) is 10.8 Å². The second kappa shape index (κ2) is 6.38. The van der Waals surface area contributed by atoms with Gasteiger partial charge in [-0.2, -0.15) is 0 Å². The molecule has 1 fully saturated rings. The molecule has 1 heterocycles. The van der Waals surface area contributed by atoms with Crippen LogP contribution in [0.5, 0.6) is 5.75 Å². The maximum absolute atomic E-state index is 12.4. The van der Waals surface area contributed by atoms with Crippen LogP contribution in [0.3, 0.4) is 0 Å². The predicted molar refractivity (Wildman–Crippen MR) is 92.8 cm³/mol. The number of rotatable bonds is 4. The molecule has 23 heavy (non-hydrogen) atoms. The number of halogens is 1. The Morgan fingerprint density at radius 2 is 2.04 bits per heavy atom. The number of carbonyl (C=O) groups excluding carboxylic acids is 1. The molecule has 0 aliphatic carbocycles. The molecule has 1 aliphatic heterocycles. The minimum atomic E-state index is 0.00112. The molecule has 0 radical (unpaired) electrons. The van der Waals surface area contributed by atoms with Gasteiger partial charge in [0.1, 0.15) is 5.75 Å². The van der Waals surface area contributed by atoms with Crippen molar-refractivity contribution in [3.63, 3.8) is 0 Å². The number of hydrogen-bond acceptors (Lipinski definition) is 3. The highest BCUT2D eigenvalue weighted by atomic mass is 35.5.